The molecular weight excluding hydrogens is 234 g/mol. The number of carboxylic acids is 1. The average molecular weight is 255 g/mol. The van der Waals surface area contributed by atoms with E-state index in [4.69, 9.17) is 9.63 Å². The van der Waals surface area contributed by atoms with Gasteiger partial charge in [-0.15, -0.1) is 0 Å². The van der Waals surface area contributed by atoms with Crippen molar-refractivity contribution in [3.8, 4) is 0 Å². The lowest BCUT2D eigenvalue weighted by Crippen LogP contribution is -2.30. The van der Waals surface area contributed by atoms with Crippen LogP contribution in [-0.4, -0.2) is 39.2 Å². The fourth-order valence-electron chi connectivity index (χ4n) is 1.54. The maximum Gasteiger partial charge on any atom is 0.317 e. The third-order valence-corrected chi connectivity index (χ3v) is 2.40. The largest absolute Gasteiger partial charge is 0.480 e. The van der Waals surface area contributed by atoms with Gasteiger partial charge in [0.25, 0.3) is 0 Å². The van der Waals surface area contributed by atoms with E-state index in [0.29, 0.717) is 24.8 Å². The molecule has 1 N–H and O–H groups in total. The Morgan fingerprint density at radius 2 is 2.11 bits per heavy atom. The molecule has 18 heavy (non-hydrogen) atoms. The van der Waals surface area contributed by atoms with Crippen molar-refractivity contribution in [3.63, 3.8) is 0 Å². The first kappa shape index (κ1) is 14.6. The predicted octanol–water partition coefficient (Wildman–Crippen LogP) is 1.66. The molecule has 0 amide bonds. The lowest BCUT2D eigenvalue weighted by molar-refractivity contribution is -0.138. The normalized spacial score (nSPS) is 12.1. The summed E-state index contributed by atoms with van der Waals surface area (Å²) in [6.45, 7) is 9.07. The van der Waals surface area contributed by atoms with Crippen molar-refractivity contribution >= 4 is 5.97 Å². The summed E-state index contributed by atoms with van der Waals surface area (Å²) in [4.78, 5) is 16.8. The molecule has 0 spiro atoms. The highest BCUT2D eigenvalue weighted by atomic mass is 16.5. The lowest BCUT2D eigenvalue weighted by Gasteiger charge is -2.16. The van der Waals surface area contributed by atoms with Crippen molar-refractivity contribution in [2.24, 2.45) is 0 Å². The number of hydrogen-bond acceptors (Lipinski definition) is 5. The molecule has 1 aromatic heterocycles. The Morgan fingerprint density at radius 1 is 1.44 bits per heavy atom. The molecule has 0 saturated heterocycles. The Hall–Kier alpha value is -1.43. The number of rotatable bonds is 6. The van der Waals surface area contributed by atoms with E-state index in [1.165, 1.54) is 0 Å². The van der Waals surface area contributed by atoms with Gasteiger partial charge in [0.15, 0.2) is 5.82 Å². The zero-order chi connectivity index (χ0) is 13.8. The van der Waals surface area contributed by atoms with Crippen molar-refractivity contribution < 1.29 is 14.4 Å². The van der Waals surface area contributed by atoms with E-state index < -0.39 is 5.97 Å². The second kappa shape index (κ2) is 5.95. The average Bonchev–Trinajstić information content (AvgIpc) is 2.64. The zero-order valence-corrected chi connectivity index (χ0v) is 11.4. The van der Waals surface area contributed by atoms with E-state index in [9.17, 15) is 4.79 Å². The molecule has 0 aromatic carbocycles. The van der Waals surface area contributed by atoms with Crippen LogP contribution in [-0.2, 0) is 16.8 Å². The van der Waals surface area contributed by atoms with E-state index in [1.807, 2.05) is 27.7 Å². The minimum Gasteiger partial charge on any atom is -0.480 e. The summed E-state index contributed by atoms with van der Waals surface area (Å²) in [5.74, 6) is 0.262. The molecular formula is C12H21N3O3. The van der Waals surface area contributed by atoms with Crippen molar-refractivity contribution in [1.29, 1.82) is 0 Å². The van der Waals surface area contributed by atoms with Crippen LogP contribution in [0.5, 0.6) is 0 Å². The molecule has 102 valence electrons. The molecule has 1 rings (SSSR count). The van der Waals surface area contributed by atoms with Gasteiger partial charge in [-0.25, -0.2) is 0 Å². The van der Waals surface area contributed by atoms with Crippen molar-refractivity contribution in [3.05, 3.63) is 11.7 Å². The van der Waals surface area contributed by atoms with Crippen molar-refractivity contribution in [1.82, 2.24) is 15.0 Å². The van der Waals surface area contributed by atoms with Crippen molar-refractivity contribution in [2.75, 3.05) is 13.1 Å². The topological polar surface area (TPSA) is 79.5 Å². The Labute approximate surface area is 107 Å². The summed E-state index contributed by atoms with van der Waals surface area (Å²) in [5.41, 5.74) is -0.163. The first-order valence-electron chi connectivity index (χ1n) is 6.10. The van der Waals surface area contributed by atoms with E-state index in [-0.39, 0.29) is 12.0 Å². The first-order valence-corrected chi connectivity index (χ1v) is 6.10. The molecule has 0 atom stereocenters. The SMILES string of the molecule is CCCN(CC(=O)O)Cc1nc(C(C)(C)C)no1. The van der Waals surface area contributed by atoms with Gasteiger partial charge in [-0.3, -0.25) is 9.69 Å². The Morgan fingerprint density at radius 3 is 2.56 bits per heavy atom. The Bertz CT molecular complexity index is 396. The van der Waals surface area contributed by atoms with Crippen LogP contribution in [0, 0.1) is 0 Å². The summed E-state index contributed by atoms with van der Waals surface area (Å²) in [6.07, 6.45) is 0.882. The van der Waals surface area contributed by atoms with Crippen LogP contribution in [0.2, 0.25) is 0 Å². The highest BCUT2D eigenvalue weighted by Crippen LogP contribution is 2.18. The number of carboxylic acid groups (broad SMARTS) is 1. The van der Waals surface area contributed by atoms with Gasteiger partial charge in [0.2, 0.25) is 5.89 Å². The van der Waals surface area contributed by atoms with E-state index >= 15 is 0 Å². The number of hydrogen-bond donors (Lipinski definition) is 1. The monoisotopic (exact) mass is 255 g/mol. The minimum atomic E-state index is -0.848. The Balaban J connectivity index is 2.69. The molecule has 0 aliphatic rings. The Kier molecular flexibility index (Phi) is 4.84. The first-order chi connectivity index (χ1) is 8.32. The fourth-order valence-corrected chi connectivity index (χ4v) is 1.54. The van der Waals surface area contributed by atoms with Crippen molar-refractivity contribution in [2.45, 2.75) is 46.1 Å². The summed E-state index contributed by atoms with van der Waals surface area (Å²) < 4.78 is 5.15. The maximum atomic E-state index is 10.7. The van der Waals surface area contributed by atoms with Gasteiger partial charge in [0, 0.05) is 5.41 Å². The van der Waals surface area contributed by atoms with Gasteiger partial charge in [-0.05, 0) is 13.0 Å². The van der Waals surface area contributed by atoms with Crippen LogP contribution >= 0.6 is 0 Å². The zero-order valence-electron chi connectivity index (χ0n) is 11.4. The molecule has 0 saturated carbocycles. The molecule has 0 aliphatic heterocycles. The van der Waals surface area contributed by atoms with Gasteiger partial charge in [-0.1, -0.05) is 32.9 Å². The minimum absolute atomic E-state index is 0.0128. The van der Waals surface area contributed by atoms with E-state index in [2.05, 4.69) is 10.1 Å². The van der Waals surface area contributed by atoms with Gasteiger partial charge < -0.3 is 9.63 Å². The molecule has 0 fully saturated rings. The van der Waals surface area contributed by atoms with Gasteiger partial charge in [0.05, 0.1) is 13.1 Å². The third kappa shape index (κ3) is 4.44. The number of carbonyl (C=O) groups is 1. The van der Waals surface area contributed by atoms with Crippen LogP contribution in [0.25, 0.3) is 0 Å². The molecule has 0 unspecified atom stereocenters. The molecule has 0 aliphatic carbocycles. The fraction of sp³-hybridized carbons (Fsp3) is 0.750. The molecule has 6 heteroatoms. The summed E-state index contributed by atoms with van der Waals surface area (Å²) in [6, 6.07) is 0. The third-order valence-electron chi connectivity index (χ3n) is 2.40. The molecule has 0 radical (unpaired) electrons. The van der Waals surface area contributed by atoms with Crippen LogP contribution in [0.3, 0.4) is 0 Å². The van der Waals surface area contributed by atoms with Gasteiger partial charge >= 0.3 is 5.97 Å². The summed E-state index contributed by atoms with van der Waals surface area (Å²) in [5, 5.41) is 12.7. The standard InChI is InChI=1S/C12H21N3O3/c1-5-6-15(8-10(16)17)7-9-13-11(14-18-9)12(2,3)4/h5-8H2,1-4H3,(H,16,17). The van der Waals surface area contributed by atoms with Gasteiger partial charge in [-0.2, -0.15) is 4.98 Å². The molecule has 0 bridgehead atoms. The lowest BCUT2D eigenvalue weighted by atomic mass is 9.96. The quantitative estimate of drug-likeness (QED) is 0.832. The maximum absolute atomic E-state index is 10.7. The van der Waals surface area contributed by atoms with E-state index in [1.54, 1.807) is 4.90 Å². The van der Waals surface area contributed by atoms with Crippen LogP contribution in [0.4, 0.5) is 0 Å². The molecule has 6 nitrogen and oxygen atoms in total. The van der Waals surface area contributed by atoms with E-state index in [0.717, 1.165) is 6.42 Å². The summed E-state index contributed by atoms with van der Waals surface area (Å²) in [7, 11) is 0. The summed E-state index contributed by atoms with van der Waals surface area (Å²) >= 11 is 0. The van der Waals surface area contributed by atoms with Gasteiger partial charge in [0.1, 0.15) is 0 Å². The van der Waals surface area contributed by atoms with Crippen LogP contribution < -0.4 is 0 Å². The highest BCUT2D eigenvalue weighted by Gasteiger charge is 2.22. The highest BCUT2D eigenvalue weighted by molar-refractivity contribution is 5.69. The molecule has 1 aromatic rings. The number of nitrogens with zero attached hydrogens (tertiary/aromatic N) is 3. The second-order valence-corrected chi connectivity index (χ2v) is 5.37. The number of aromatic nitrogens is 2. The van der Waals surface area contributed by atoms with Crippen LogP contribution in [0.1, 0.15) is 45.8 Å². The smallest absolute Gasteiger partial charge is 0.317 e. The second-order valence-electron chi connectivity index (χ2n) is 5.37. The van der Waals surface area contributed by atoms with Crippen LogP contribution in [0.15, 0.2) is 4.52 Å². The number of aliphatic carboxylic acids is 1. The molecule has 1 heterocycles. The predicted molar refractivity (Wildman–Crippen MR) is 66.2 cm³/mol.